The first-order chi connectivity index (χ1) is 20.1. The van der Waals surface area contributed by atoms with Gasteiger partial charge in [-0.05, 0) is 102 Å². The van der Waals surface area contributed by atoms with Gasteiger partial charge in [0.15, 0.2) is 0 Å². The molecule has 0 spiro atoms. The van der Waals surface area contributed by atoms with Crippen molar-refractivity contribution in [3.05, 3.63) is 126 Å². The topological polar surface area (TPSA) is 0 Å². The van der Waals surface area contributed by atoms with Crippen molar-refractivity contribution in [3.63, 3.8) is 0 Å². The van der Waals surface area contributed by atoms with Crippen LogP contribution in [0.5, 0.6) is 0 Å². The smallest absolute Gasteiger partial charge is 0.0213 e. The van der Waals surface area contributed by atoms with Crippen molar-refractivity contribution in [1.29, 1.82) is 0 Å². The molecule has 0 saturated heterocycles. The summed E-state index contributed by atoms with van der Waals surface area (Å²) in [5, 5.41) is 0. The summed E-state index contributed by atoms with van der Waals surface area (Å²) < 4.78 is 2.38. The molecule has 0 unspecified atom stereocenters. The maximum atomic E-state index is 3.75. The minimum absolute atomic E-state index is 0.177. The second-order valence-corrected chi connectivity index (χ2v) is 18.4. The van der Waals surface area contributed by atoms with E-state index in [1.54, 1.807) is 0 Å². The zero-order chi connectivity index (χ0) is 32.8. The van der Waals surface area contributed by atoms with Crippen LogP contribution in [0.4, 0.5) is 0 Å². The maximum absolute atomic E-state index is 3.75. The lowest BCUT2D eigenvalue weighted by atomic mass is 9.83. The Morgan fingerprint density at radius 3 is 1.02 bits per heavy atom. The first-order valence-corrected chi connectivity index (χ1v) is 17.6. The van der Waals surface area contributed by atoms with Crippen LogP contribution in [-0.4, -0.2) is 0 Å². The molecular weight excluding hydrogens is 664 g/mol. The lowest BCUT2D eigenvalue weighted by Gasteiger charge is -2.21. The van der Waals surface area contributed by atoms with Crippen molar-refractivity contribution in [3.8, 4) is 11.1 Å². The van der Waals surface area contributed by atoms with Gasteiger partial charge in [-0.15, -0.1) is 0 Å². The molecule has 4 aromatic rings. The lowest BCUT2D eigenvalue weighted by molar-refractivity contribution is 0.589. The number of rotatable bonds is 2. The van der Waals surface area contributed by atoms with Gasteiger partial charge in [0.05, 0.1) is 0 Å². The average Bonchev–Trinajstić information content (AvgIpc) is 3.26. The number of hydrogen-bond acceptors (Lipinski definition) is 0. The molecule has 0 saturated carbocycles. The highest BCUT2D eigenvalue weighted by molar-refractivity contribution is 9.10. The largest absolute Gasteiger partial charge is 0.0582 e. The highest BCUT2D eigenvalue weighted by Gasteiger charge is 2.24. The van der Waals surface area contributed by atoms with Gasteiger partial charge in [0.2, 0.25) is 0 Å². The van der Waals surface area contributed by atoms with Crippen LogP contribution in [0.15, 0.2) is 81.7 Å². The molecule has 1 aliphatic rings. The summed E-state index contributed by atoms with van der Waals surface area (Å²) in [4.78, 5) is 0. The molecule has 44 heavy (non-hydrogen) atoms. The van der Waals surface area contributed by atoms with E-state index in [0.717, 1.165) is 12.8 Å². The first-order valence-electron chi connectivity index (χ1n) is 16.0. The van der Waals surface area contributed by atoms with Crippen molar-refractivity contribution in [2.24, 2.45) is 0 Å². The second-order valence-electron chi connectivity index (χ2n) is 16.7. The zero-order valence-corrected chi connectivity index (χ0v) is 32.3. The summed E-state index contributed by atoms with van der Waals surface area (Å²) in [7, 11) is 0. The molecule has 0 N–H and O–H groups in total. The van der Waals surface area contributed by atoms with Crippen molar-refractivity contribution >= 4 is 31.9 Å². The normalized spacial score (nSPS) is 13.2. The molecule has 0 nitrogen and oxygen atoms in total. The van der Waals surface area contributed by atoms with Gasteiger partial charge in [-0.3, -0.25) is 0 Å². The van der Waals surface area contributed by atoms with E-state index >= 15 is 0 Å². The molecule has 0 radical (unpaired) electrons. The molecule has 0 heterocycles. The molecule has 0 fully saturated rings. The summed E-state index contributed by atoms with van der Waals surface area (Å²) in [5.74, 6) is 0. The van der Waals surface area contributed by atoms with E-state index in [0.29, 0.717) is 0 Å². The number of hydrogen-bond donors (Lipinski definition) is 0. The maximum Gasteiger partial charge on any atom is 0.0213 e. The first kappa shape index (κ1) is 34.7. The minimum Gasteiger partial charge on any atom is -0.0582 e. The van der Waals surface area contributed by atoms with Crippen molar-refractivity contribution < 1.29 is 0 Å². The van der Waals surface area contributed by atoms with Crippen LogP contribution in [0.2, 0.25) is 0 Å². The Hall–Kier alpha value is -2.16. The zero-order valence-electron chi connectivity index (χ0n) is 29.1. The van der Waals surface area contributed by atoms with Crippen molar-refractivity contribution in [2.75, 3.05) is 0 Å². The van der Waals surface area contributed by atoms with E-state index in [9.17, 15) is 0 Å². The van der Waals surface area contributed by atoms with Crippen LogP contribution in [0.3, 0.4) is 0 Å². The van der Waals surface area contributed by atoms with Gasteiger partial charge < -0.3 is 0 Å². The van der Waals surface area contributed by atoms with Crippen LogP contribution >= 0.6 is 31.9 Å². The summed E-state index contributed by atoms with van der Waals surface area (Å²) in [6.45, 7) is 27.2. The molecule has 234 valence electrons. The fourth-order valence-corrected chi connectivity index (χ4v) is 6.66. The summed E-state index contributed by atoms with van der Waals surface area (Å²) in [6.07, 6.45) is 2.01. The number of benzene rings is 4. The predicted molar refractivity (Wildman–Crippen MR) is 201 cm³/mol. The van der Waals surface area contributed by atoms with Gasteiger partial charge >= 0.3 is 0 Å². The third-order valence-corrected chi connectivity index (χ3v) is 10.3. The second kappa shape index (κ2) is 12.6. The molecule has 0 bridgehead atoms. The molecule has 0 atom stereocenters. The van der Waals surface area contributed by atoms with Crippen LogP contribution in [0, 0.1) is 0 Å². The molecule has 1 aliphatic carbocycles. The third kappa shape index (κ3) is 8.16. The Balaban J connectivity index is 0.000000201. The Bertz CT molecular complexity index is 1520. The molecule has 4 aromatic carbocycles. The van der Waals surface area contributed by atoms with Gasteiger partial charge in [0.25, 0.3) is 0 Å². The van der Waals surface area contributed by atoms with Gasteiger partial charge in [-0.2, -0.15) is 0 Å². The van der Waals surface area contributed by atoms with Gasteiger partial charge in [0, 0.05) is 8.95 Å². The summed E-state index contributed by atoms with van der Waals surface area (Å²) in [5.41, 5.74) is 14.8. The van der Waals surface area contributed by atoms with Crippen LogP contribution in [-0.2, 0) is 34.5 Å². The van der Waals surface area contributed by atoms with E-state index in [1.807, 2.05) is 0 Å². The summed E-state index contributed by atoms with van der Waals surface area (Å²) >= 11 is 7.51. The molecule has 0 aliphatic heterocycles. The monoisotopic (exact) mass is 714 g/mol. The van der Waals surface area contributed by atoms with Gasteiger partial charge in [-0.1, -0.05) is 176 Å². The lowest BCUT2D eigenvalue weighted by Crippen LogP contribution is -2.11. The Kier molecular flexibility index (Phi) is 9.91. The van der Waals surface area contributed by atoms with Gasteiger partial charge in [-0.25, -0.2) is 0 Å². The Morgan fingerprint density at radius 2 is 0.727 bits per heavy atom. The molecule has 2 heteroatoms. The molecule has 5 rings (SSSR count). The average molecular weight is 717 g/mol. The SMILES string of the molecule is CC(C)(C)c1ccc(Cc2ccc(C(C)(C)C)cc2Br)c(Br)c1.CC(C)(C)c1ccc2c(c1)-c1cc(C(C)(C)C)ccc1C2. The minimum atomic E-state index is 0.177. The van der Waals surface area contributed by atoms with E-state index in [1.165, 1.54) is 64.6 Å². The van der Waals surface area contributed by atoms with E-state index in [4.69, 9.17) is 0 Å². The number of halogens is 2. The fraction of sp³-hybridized carbons (Fsp3) is 0.429. The Morgan fingerprint density at radius 1 is 0.432 bits per heavy atom. The molecular formula is C42H52Br2. The van der Waals surface area contributed by atoms with Crippen LogP contribution in [0.1, 0.15) is 128 Å². The summed E-state index contributed by atoms with van der Waals surface area (Å²) in [6, 6.07) is 27.6. The van der Waals surface area contributed by atoms with E-state index in [2.05, 4.69) is 188 Å². The molecule has 0 amide bonds. The van der Waals surface area contributed by atoms with Crippen molar-refractivity contribution in [1.82, 2.24) is 0 Å². The standard InChI is InChI=1S/C21H26Br2.C21H26/c1-20(2,3)16-9-7-14(18(22)12-16)11-15-8-10-17(13-19(15)23)21(4,5)6;1-20(2,3)16-9-7-14-11-15-8-10-17(21(4,5)6)13-19(15)18(14)12-16/h7-10,12-13H,11H2,1-6H3;7-10,12-13H,11H2,1-6H3. The van der Waals surface area contributed by atoms with Gasteiger partial charge in [0.1, 0.15) is 0 Å². The molecule has 0 aromatic heterocycles. The Labute approximate surface area is 285 Å². The highest BCUT2D eigenvalue weighted by Crippen LogP contribution is 2.41. The predicted octanol–water partition coefficient (Wildman–Crippen LogP) is 13.3. The number of fused-ring (bicyclic) bond motifs is 3. The van der Waals surface area contributed by atoms with Crippen LogP contribution in [0.25, 0.3) is 11.1 Å². The van der Waals surface area contributed by atoms with Crippen molar-refractivity contribution in [2.45, 2.75) is 118 Å². The quantitative estimate of drug-likeness (QED) is 0.171. The van der Waals surface area contributed by atoms with E-state index in [-0.39, 0.29) is 21.7 Å². The highest BCUT2D eigenvalue weighted by atomic mass is 79.9. The van der Waals surface area contributed by atoms with E-state index < -0.39 is 0 Å². The third-order valence-electron chi connectivity index (χ3n) is 8.84. The van der Waals surface area contributed by atoms with Crippen LogP contribution < -0.4 is 0 Å². The fourth-order valence-electron chi connectivity index (χ4n) is 5.62.